The molecule has 3 rings (SSSR count). The fraction of sp³-hybridized carbons (Fsp3) is 0.118. The van der Waals surface area contributed by atoms with E-state index in [2.05, 4.69) is 9.82 Å². The molecule has 0 fully saturated rings. The van der Waals surface area contributed by atoms with Crippen molar-refractivity contribution in [2.75, 3.05) is 4.72 Å². The molecule has 1 N–H and O–H groups in total. The smallest absolute Gasteiger partial charge is 0.238 e. The largest absolute Gasteiger partial charge is 0.266 e. The van der Waals surface area contributed by atoms with Gasteiger partial charge in [-0.05, 0) is 11.6 Å². The molecule has 0 aliphatic heterocycles. The van der Waals surface area contributed by atoms with Crippen LogP contribution in [0.15, 0.2) is 66.9 Å². The third-order valence-corrected chi connectivity index (χ3v) is 4.62. The van der Waals surface area contributed by atoms with Crippen LogP contribution in [0.25, 0.3) is 0 Å². The molecule has 0 amide bonds. The molecule has 2 aromatic carbocycles. The van der Waals surface area contributed by atoms with Crippen molar-refractivity contribution in [3.05, 3.63) is 83.8 Å². The average molecular weight is 345 g/mol. The van der Waals surface area contributed by atoms with E-state index >= 15 is 0 Å². The van der Waals surface area contributed by atoms with Gasteiger partial charge in [0.2, 0.25) is 10.0 Å². The molecular formula is C17H16FN3O2S. The summed E-state index contributed by atoms with van der Waals surface area (Å²) in [6, 6.07) is 16.8. The van der Waals surface area contributed by atoms with Crippen molar-refractivity contribution in [2.24, 2.45) is 0 Å². The Kier molecular flexibility index (Phi) is 4.61. The average Bonchev–Trinajstić information content (AvgIpc) is 2.96. The minimum absolute atomic E-state index is 0.131. The van der Waals surface area contributed by atoms with E-state index < -0.39 is 10.0 Å². The summed E-state index contributed by atoms with van der Waals surface area (Å²) in [6.07, 6.45) is 1.60. The summed E-state index contributed by atoms with van der Waals surface area (Å²) >= 11 is 0. The number of hydrogen-bond donors (Lipinski definition) is 1. The summed E-state index contributed by atoms with van der Waals surface area (Å²) in [5.41, 5.74) is 1.18. The number of nitrogens with zero attached hydrogens (tertiary/aromatic N) is 2. The van der Waals surface area contributed by atoms with E-state index in [1.165, 1.54) is 10.7 Å². The van der Waals surface area contributed by atoms with Crippen molar-refractivity contribution in [3.63, 3.8) is 0 Å². The van der Waals surface area contributed by atoms with Crippen LogP contribution in [0.1, 0.15) is 11.1 Å². The fourth-order valence-electron chi connectivity index (χ4n) is 2.29. The lowest BCUT2D eigenvalue weighted by atomic mass is 10.2. The Bertz CT molecular complexity index is 924. The Morgan fingerprint density at radius 3 is 2.46 bits per heavy atom. The summed E-state index contributed by atoms with van der Waals surface area (Å²) in [5.74, 6) is -0.241. The van der Waals surface area contributed by atoms with Gasteiger partial charge in [-0.1, -0.05) is 48.5 Å². The van der Waals surface area contributed by atoms with Crippen molar-refractivity contribution in [3.8, 4) is 0 Å². The summed E-state index contributed by atoms with van der Waals surface area (Å²) in [6.45, 7) is 0.229. The highest BCUT2D eigenvalue weighted by Crippen LogP contribution is 2.13. The standard InChI is InChI=1S/C17H16FN3O2S/c18-16-9-5-4-8-15(16)12-21-11-10-17(19-21)20-24(22,23)13-14-6-2-1-3-7-14/h1-11H,12-13H2,(H,19,20). The van der Waals surface area contributed by atoms with E-state index in [9.17, 15) is 12.8 Å². The number of halogens is 1. The zero-order valence-electron chi connectivity index (χ0n) is 12.8. The Labute approximate surface area is 139 Å². The van der Waals surface area contributed by atoms with E-state index in [1.807, 2.05) is 6.07 Å². The van der Waals surface area contributed by atoms with E-state index in [1.54, 1.807) is 54.7 Å². The Balaban J connectivity index is 1.68. The molecule has 7 heteroatoms. The molecule has 0 aliphatic carbocycles. The van der Waals surface area contributed by atoms with E-state index in [-0.39, 0.29) is 23.9 Å². The van der Waals surface area contributed by atoms with Gasteiger partial charge in [0.1, 0.15) is 5.82 Å². The van der Waals surface area contributed by atoms with Gasteiger partial charge < -0.3 is 0 Å². The van der Waals surface area contributed by atoms with Crippen LogP contribution in [-0.2, 0) is 22.3 Å². The normalized spacial score (nSPS) is 11.4. The van der Waals surface area contributed by atoms with Crippen molar-refractivity contribution < 1.29 is 12.8 Å². The lowest BCUT2D eigenvalue weighted by Crippen LogP contribution is -2.15. The molecule has 24 heavy (non-hydrogen) atoms. The summed E-state index contributed by atoms with van der Waals surface area (Å²) in [7, 11) is -3.56. The first kappa shape index (κ1) is 16.2. The number of nitrogens with one attached hydrogen (secondary N) is 1. The molecule has 124 valence electrons. The molecule has 0 aliphatic rings. The van der Waals surface area contributed by atoms with Crippen molar-refractivity contribution in [1.29, 1.82) is 0 Å². The van der Waals surface area contributed by atoms with Crippen molar-refractivity contribution in [1.82, 2.24) is 9.78 Å². The molecule has 5 nitrogen and oxygen atoms in total. The fourth-order valence-corrected chi connectivity index (χ4v) is 3.43. The van der Waals surface area contributed by atoms with Gasteiger partial charge in [-0.25, -0.2) is 12.8 Å². The summed E-state index contributed by atoms with van der Waals surface area (Å²) < 4.78 is 41.9. The number of aromatic nitrogens is 2. The van der Waals surface area contributed by atoms with Crippen LogP contribution in [0.2, 0.25) is 0 Å². The molecule has 1 heterocycles. The predicted molar refractivity (Wildman–Crippen MR) is 90.4 cm³/mol. The zero-order chi connectivity index (χ0) is 17.0. The first-order valence-electron chi connectivity index (χ1n) is 7.33. The maximum atomic E-state index is 13.6. The highest BCUT2D eigenvalue weighted by molar-refractivity contribution is 7.91. The first-order valence-corrected chi connectivity index (χ1v) is 8.98. The number of rotatable bonds is 6. The Morgan fingerprint density at radius 2 is 1.71 bits per heavy atom. The number of sulfonamides is 1. The van der Waals surface area contributed by atoms with Gasteiger partial charge in [0, 0.05) is 17.8 Å². The quantitative estimate of drug-likeness (QED) is 0.747. The van der Waals surface area contributed by atoms with Gasteiger partial charge in [-0.2, -0.15) is 5.10 Å². The van der Waals surface area contributed by atoms with E-state index in [0.29, 0.717) is 11.1 Å². The summed E-state index contributed by atoms with van der Waals surface area (Å²) in [5, 5.41) is 4.13. The second-order valence-electron chi connectivity index (χ2n) is 5.34. The molecule has 0 spiro atoms. The molecule has 0 saturated heterocycles. The number of hydrogen-bond acceptors (Lipinski definition) is 3. The molecule has 0 atom stereocenters. The molecular weight excluding hydrogens is 329 g/mol. The second kappa shape index (κ2) is 6.84. The molecule has 0 radical (unpaired) electrons. The molecule has 0 unspecified atom stereocenters. The van der Waals surface area contributed by atoms with Gasteiger partial charge in [-0.3, -0.25) is 9.40 Å². The molecule has 0 bridgehead atoms. The van der Waals surface area contributed by atoms with E-state index in [4.69, 9.17) is 0 Å². The Hall–Kier alpha value is -2.67. The van der Waals surface area contributed by atoms with Gasteiger partial charge in [0.15, 0.2) is 5.82 Å². The van der Waals surface area contributed by atoms with Crippen LogP contribution < -0.4 is 4.72 Å². The van der Waals surface area contributed by atoms with E-state index in [0.717, 1.165) is 0 Å². The highest BCUT2D eigenvalue weighted by atomic mass is 32.2. The van der Waals surface area contributed by atoms with Crippen LogP contribution in [0.4, 0.5) is 10.2 Å². The topological polar surface area (TPSA) is 64.0 Å². The van der Waals surface area contributed by atoms with Gasteiger partial charge >= 0.3 is 0 Å². The number of anilines is 1. The van der Waals surface area contributed by atoms with Crippen LogP contribution in [0.5, 0.6) is 0 Å². The molecule has 3 aromatic rings. The van der Waals surface area contributed by atoms with Gasteiger partial charge in [-0.15, -0.1) is 0 Å². The van der Waals surface area contributed by atoms with Gasteiger partial charge in [0.05, 0.1) is 12.3 Å². The maximum Gasteiger partial charge on any atom is 0.238 e. The molecule has 0 saturated carbocycles. The summed E-state index contributed by atoms with van der Waals surface area (Å²) in [4.78, 5) is 0. The van der Waals surface area contributed by atoms with Crippen molar-refractivity contribution in [2.45, 2.75) is 12.3 Å². The van der Waals surface area contributed by atoms with Crippen molar-refractivity contribution >= 4 is 15.8 Å². The zero-order valence-corrected chi connectivity index (χ0v) is 13.6. The Morgan fingerprint density at radius 1 is 1.00 bits per heavy atom. The SMILES string of the molecule is O=S(=O)(Cc1ccccc1)Nc1ccn(Cc2ccccc2F)n1. The lowest BCUT2D eigenvalue weighted by molar-refractivity contribution is 0.585. The van der Waals surface area contributed by atoms with Gasteiger partial charge in [0.25, 0.3) is 0 Å². The highest BCUT2D eigenvalue weighted by Gasteiger charge is 2.13. The lowest BCUT2D eigenvalue weighted by Gasteiger charge is -2.06. The second-order valence-corrected chi connectivity index (χ2v) is 7.06. The van der Waals surface area contributed by atoms with Crippen LogP contribution in [-0.4, -0.2) is 18.2 Å². The number of benzene rings is 2. The minimum atomic E-state index is -3.56. The third kappa shape index (κ3) is 4.20. The minimum Gasteiger partial charge on any atom is -0.266 e. The predicted octanol–water partition coefficient (Wildman–Crippen LogP) is 3.01. The van der Waals surface area contributed by atoms with Crippen LogP contribution in [0.3, 0.4) is 0 Å². The molecule has 1 aromatic heterocycles. The monoisotopic (exact) mass is 345 g/mol. The maximum absolute atomic E-state index is 13.6. The third-order valence-electron chi connectivity index (χ3n) is 3.39. The van der Waals surface area contributed by atoms with Crippen LogP contribution in [0, 0.1) is 5.82 Å². The van der Waals surface area contributed by atoms with Crippen LogP contribution >= 0.6 is 0 Å². The first-order chi connectivity index (χ1) is 11.5.